The molecular weight excluding hydrogens is 114 g/mol. The summed E-state index contributed by atoms with van der Waals surface area (Å²) in [6.45, 7) is 2.43. The molecule has 0 aromatic carbocycles. The Morgan fingerprint density at radius 1 is 1.75 bits per heavy atom. The molecule has 5 heteroatoms. The van der Waals surface area contributed by atoms with Gasteiger partial charge in [-0.05, 0) is 6.92 Å². The smallest absolute Gasteiger partial charge is 0.450 e. The molecule has 4 N–H and O–H groups in total. The van der Waals surface area contributed by atoms with Gasteiger partial charge in [-0.1, -0.05) is 0 Å². The van der Waals surface area contributed by atoms with Crippen molar-refractivity contribution in [2.24, 2.45) is 5.90 Å². The van der Waals surface area contributed by atoms with E-state index in [0.29, 0.717) is 6.61 Å². The molecule has 0 saturated heterocycles. The van der Waals surface area contributed by atoms with Crippen molar-refractivity contribution in [2.75, 3.05) is 6.61 Å². The number of carbonyl (C=O) groups is 1. The number of nitrogens with two attached hydrogens (primary N) is 1. The molecule has 5 nitrogen and oxygen atoms in total. The van der Waals surface area contributed by atoms with Gasteiger partial charge in [0.15, 0.2) is 0 Å². The van der Waals surface area contributed by atoms with Gasteiger partial charge < -0.3 is 15.1 Å². The molecule has 0 heterocycles. The van der Waals surface area contributed by atoms with Crippen LogP contribution in [0.1, 0.15) is 6.92 Å². The predicted molar refractivity (Wildman–Crippen MR) is 26.5 cm³/mol. The highest BCUT2D eigenvalue weighted by Crippen LogP contribution is 1.46. The summed E-state index contributed by atoms with van der Waals surface area (Å²) in [5, 5.41) is 13.9. The molecule has 0 spiro atoms. The average molecular weight is 123 g/mol. The van der Waals surface area contributed by atoms with E-state index in [0.717, 1.165) is 0 Å². The molecule has 0 saturated carbocycles. The predicted octanol–water partition coefficient (Wildman–Crippen LogP) is 0.119. The van der Waals surface area contributed by atoms with Crippen molar-refractivity contribution in [3.8, 4) is 0 Å². The molecule has 0 atom stereocenters. The van der Waals surface area contributed by atoms with Crippen LogP contribution < -0.4 is 5.90 Å². The maximum absolute atomic E-state index is 8.56. The Morgan fingerprint density at radius 3 is 1.88 bits per heavy atom. The molecule has 50 valence electrons. The second-order valence-corrected chi connectivity index (χ2v) is 0.738. The second-order valence-electron chi connectivity index (χ2n) is 0.738. The SMILES string of the molecule is CCON.O=C(O)O. The van der Waals surface area contributed by atoms with Crippen molar-refractivity contribution < 1.29 is 19.8 Å². The molecule has 0 rings (SSSR count). The molecule has 0 amide bonds. The number of rotatable bonds is 1. The fourth-order valence-electron chi connectivity index (χ4n) is 0. The highest BCUT2D eigenvalue weighted by Gasteiger charge is 1.70. The fourth-order valence-corrected chi connectivity index (χ4v) is 0. The highest BCUT2D eigenvalue weighted by atomic mass is 16.6. The lowest BCUT2D eigenvalue weighted by atomic mass is 10.9. The lowest BCUT2D eigenvalue weighted by Gasteiger charge is -1.76. The summed E-state index contributed by atoms with van der Waals surface area (Å²) >= 11 is 0. The summed E-state index contributed by atoms with van der Waals surface area (Å²) in [4.78, 5) is 12.6. The molecule has 0 bridgehead atoms. The lowest BCUT2D eigenvalue weighted by Crippen LogP contribution is -1.94. The van der Waals surface area contributed by atoms with E-state index in [1.54, 1.807) is 0 Å². The summed E-state index contributed by atoms with van der Waals surface area (Å²) in [6.07, 6.45) is -1.83. The van der Waals surface area contributed by atoms with Crippen LogP contribution in [-0.2, 0) is 4.84 Å². The van der Waals surface area contributed by atoms with Crippen molar-refractivity contribution in [3.05, 3.63) is 0 Å². The minimum absolute atomic E-state index is 0.597. The topological polar surface area (TPSA) is 92.8 Å². The van der Waals surface area contributed by atoms with Gasteiger partial charge in [0.1, 0.15) is 0 Å². The number of carboxylic acid groups (broad SMARTS) is 2. The molecule has 0 aromatic rings. The van der Waals surface area contributed by atoms with Crippen LogP contribution in [0, 0.1) is 0 Å². The maximum atomic E-state index is 8.56. The lowest BCUT2D eigenvalue weighted by molar-refractivity contribution is 0.137. The molecule has 0 radical (unpaired) electrons. The molecular formula is C3H9NO4. The summed E-state index contributed by atoms with van der Waals surface area (Å²) in [7, 11) is 0. The first-order valence-corrected chi connectivity index (χ1v) is 1.88. The Bertz CT molecular complexity index is 49.2. The van der Waals surface area contributed by atoms with E-state index in [-0.39, 0.29) is 0 Å². The third-order valence-electron chi connectivity index (χ3n) is 0.167. The van der Waals surface area contributed by atoms with Gasteiger partial charge >= 0.3 is 6.16 Å². The van der Waals surface area contributed by atoms with Crippen LogP contribution >= 0.6 is 0 Å². The summed E-state index contributed by atoms with van der Waals surface area (Å²) in [6, 6.07) is 0. The van der Waals surface area contributed by atoms with Crippen LogP contribution in [0.25, 0.3) is 0 Å². The summed E-state index contributed by atoms with van der Waals surface area (Å²) in [5.74, 6) is 4.53. The maximum Gasteiger partial charge on any atom is 0.503 e. The van der Waals surface area contributed by atoms with Gasteiger partial charge in [-0.3, -0.25) is 0 Å². The standard InChI is InChI=1S/C2H7NO.CH2O3/c1-2-4-3;2-1(3)4/h2-3H2,1H3;(H2,2,3,4). The normalized spacial score (nSPS) is 6.75. The monoisotopic (exact) mass is 123 g/mol. The number of hydrogen-bond acceptors (Lipinski definition) is 3. The van der Waals surface area contributed by atoms with E-state index in [2.05, 4.69) is 10.7 Å². The minimum atomic E-state index is -1.83. The zero-order valence-corrected chi connectivity index (χ0v) is 4.50. The van der Waals surface area contributed by atoms with Crippen molar-refractivity contribution in [1.82, 2.24) is 0 Å². The minimum Gasteiger partial charge on any atom is -0.450 e. The third-order valence-corrected chi connectivity index (χ3v) is 0.167. The van der Waals surface area contributed by atoms with Gasteiger partial charge in [-0.2, -0.15) is 0 Å². The Balaban J connectivity index is 0. The van der Waals surface area contributed by atoms with Crippen LogP contribution in [0.2, 0.25) is 0 Å². The van der Waals surface area contributed by atoms with Crippen molar-refractivity contribution in [2.45, 2.75) is 6.92 Å². The summed E-state index contributed by atoms with van der Waals surface area (Å²) in [5.41, 5.74) is 0. The molecule has 0 aromatic heterocycles. The molecule has 0 aliphatic carbocycles. The van der Waals surface area contributed by atoms with Crippen LogP contribution in [0.3, 0.4) is 0 Å². The average Bonchev–Trinajstić information content (AvgIpc) is 1.65. The van der Waals surface area contributed by atoms with Gasteiger partial charge in [0.25, 0.3) is 0 Å². The fraction of sp³-hybridized carbons (Fsp3) is 0.667. The van der Waals surface area contributed by atoms with Crippen molar-refractivity contribution in [1.29, 1.82) is 0 Å². The van der Waals surface area contributed by atoms with Crippen LogP contribution in [0.5, 0.6) is 0 Å². The molecule has 0 aliphatic rings. The summed E-state index contributed by atoms with van der Waals surface area (Å²) < 4.78 is 0. The van der Waals surface area contributed by atoms with Gasteiger partial charge in [0.2, 0.25) is 0 Å². The Kier molecular flexibility index (Phi) is 12.1. The van der Waals surface area contributed by atoms with Gasteiger partial charge in [0.05, 0.1) is 6.61 Å². The first-order valence-electron chi connectivity index (χ1n) is 1.88. The van der Waals surface area contributed by atoms with Crippen LogP contribution in [0.4, 0.5) is 4.79 Å². The highest BCUT2D eigenvalue weighted by molar-refractivity contribution is 5.53. The molecule has 8 heavy (non-hydrogen) atoms. The second kappa shape index (κ2) is 9.50. The first kappa shape index (κ1) is 10.2. The number of hydrogen-bond donors (Lipinski definition) is 3. The zero-order chi connectivity index (χ0) is 6.99. The van der Waals surface area contributed by atoms with E-state index < -0.39 is 6.16 Å². The third kappa shape index (κ3) is 2520. The Labute approximate surface area is 46.6 Å². The molecule has 0 fully saturated rings. The van der Waals surface area contributed by atoms with Gasteiger partial charge in [-0.25, -0.2) is 10.7 Å². The quantitative estimate of drug-likeness (QED) is 0.430. The zero-order valence-electron chi connectivity index (χ0n) is 4.50. The first-order chi connectivity index (χ1) is 3.65. The Morgan fingerprint density at radius 2 is 1.88 bits per heavy atom. The molecule has 0 aliphatic heterocycles. The molecule has 0 unspecified atom stereocenters. The van der Waals surface area contributed by atoms with E-state index >= 15 is 0 Å². The largest absolute Gasteiger partial charge is 0.503 e. The van der Waals surface area contributed by atoms with E-state index in [4.69, 9.17) is 15.0 Å². The van der Waals surface area contributed by atoms with E-state index in [1.165, 1.54) is 0 Å². The van der Waals surface area contributed by atoms with E-state index in [9.17, 15) is 0 Å². The van der Waals surface area contributed by atoms with Gasteiger partial charge in [0, 0.05) is 0 Å². The van der Waals surface area contributed by atoms with Gasteiger partial charge in [-0.15, -0.1) is 0 Å². The van der Waals surface area contributed by atoms with Crippen molar-refractivity contribution in [3.63, 3.8) is 0 Å². The van der Waals surface area contributed by atoms with E-state index in [1.807, 2.05) is 6.92 Å². The van der Waals surface area contributed by atoms with Crippen LogP contribution in [0.15, 0.2) is 0 Å². The Hall–Kier alpha value is -0.810. The van der Waals surface area contributed by atoms with Crippen molar-refractivity contribution >= 4 is 6.16 Å². The van der Waals surface area contributed by atoms with Crippen LogP contribution in [-0.4, -0.2) is 23.0 Å².